The fraction of sp³-hybridized carbons (Fsp3) is 0.548. The van der Waals surface area contributed by atoms with Crippen LogP contribution in [-0.2, 0) is 15.0 Å². The summed E-state index contributed by atoms with van der Waals surface area (Å²) in [7, 11) is 0. The Kier molecular flexibility index (Phi) is 5.47. The molecule has 0 saturated heterocycles. The lowest BCUT2D eigenvalue weighted by Gasteiger charge is -2.52. The average molecular weight is 473 g/mol. The number of carbonyl (C=O) groups is 2. The van der Waals surface area contributed by atoms with E-state index in [2.05, 4.69) is 0 Å². The van der Waals surface area contributed by atoms with E-state index in [1.54, 1.807) is 0 Å². The molecule has 5 aliphatic rings. The third kappa shape index (κ3) is 4.09. The van der Waals surface area contributed by atoms with E-state index in [1.165, 1.54) is 24.1 Å². The van der Waals surface area contributed by atoms with Gasteiger partial charge in [0.05, 0.1) is 0 Å². The Morgan fingerprint density at radius 1 is 0.800 bits per heavy atom. The van der Waals surface area contributed by atoms with Gasteiger partial charge in [-0.1, -0.05) is 64.8 Å². The fourth-order valence-corrected chi connectivity index (χ4v) is 7.21. The van der Waals surface area contributed by atoms with Crippen LogP contribution >= 0.6 is 0 Å². The highest BCUT2D eigenvalue weighted by Crippen LogP contribution is 2.59. The number of ketones is 2. The molecule has 4 nitrogen and oxygen atoms in total. The van der Waals surface area contributed by atoms with Crippen molar-refractivity contribution in [3.8, 4) is 11.5 Å². The van der Waals surface area contributed by atoms with E-state index in [1.807, 2.05) is 53.7 Å². The average Bonchev–Trinajstić information content (AvgIpc) is 2.72. The lowest BCUT2D eigenvalue weighted by Crippen LogP contribution is -2.41. The van der Waals surface area contributed by atoms with Crippen LogP contribution in [0.2, 0.25) is 0 Å². The Labute approximate surface area is 208 Å². The first-order valence-electron chi connectivity index (χ1n) is 13.0. The highest BCUT2D eigenvalue weighted by Gasteiger charge is 2.47. The van der Waals surface area contributed by atoms with Crippen LogP contribution in [0.1, 0.15) is 84.8 Å². The van der Waals surface area contributed by atoms with E-state index in [0.29, 0.717) is 23.0 Å². The molecule has 6 rings (SSSR count). The predicted octanol–water partition coefficient (Wildman–Crippen LogP) is 5.39. The SMILES string of the molecule is CC(C)(C)C1=CC(C(=C2C3CC4CC(C3)CC2C4)c2cc([O-])c([O-])c(C(C)(C)C)c2)=CC(=O)C1=O. The van der Waals surface area contributed by atoms with E-state index < -0.39 is 33.9 Å². The summed E-state index contributed by atoms with van der Waals surface area (Å²) in [5.41, 5.74) is 3.74. The number of rotatable bonds is 2. The van der Waals surface area contributed by atoms with Crippen LogP contribution in [0.15, 0.2) is 41.0 Å². The van der Waals surface area contributed by atoms with Crippen molar-refractivity contribution in [2.75, 3.05) is 0 Å². The van der Waals surface area contributed by atoms with Crippen molar-refractivity contribution in [3.05, 3.63) is 52.1 Å². The van der Waals surface area contributed by atoms with E-state index in [-0.39, 0.29) is 0 Å². The van der Waals surface area contributed by atoms with E-state index in [4.69, 9.17) is 0 Å². The second-order valence-electron chi connectivity index (χ2n) is 13.3. The summed E-state index contributed by atoms with van der Waals surface area (Å²) >= 11 is 0. The van der Waals surface area contributed by atoms with Gasteiger partial charge in [0.25, 0.3) is 0 Å². The second kappa shape index (κ2) is 7.94. The number of carbonyl (C=O) groups excluding carboxylic acids is 2. The summed E-state index contributed by atoms with van der Waals surface area (Å²) in [6.45, 7) is 11.7. The van der Waals surface area contributed by atoms with Crippen LogP contribution < -0.4 is 10.2 Å². The largest absolute Gasteiger partial charge is 0.873 e. The monoisotopic (exact) mass is 472 g/mol. The molecule has 5 aliphatic carbocycles. The zero-order chi connectivity index (χ0) is 25.4. The van der Waals surface area contributed by atoms with Crippen molar-refractivity contribution in [2.24, 2.45) is 29.1 Å². The second-order valence-corrected chi connectivity index (χ2v) is 13.3. The Balaban J connectivity index is 1.78. The highest BCUT2D eigenvalue weighted by molar-refractivity contribution is 6.49. The van der Waals surface area contributed by atoms with Crippen molar-refractivity contribution in [1.82, 2.24) is 0 Å². The molecular weight excluding hydrogens is 436 g/mol. The minimum Gasteiger partial charge on any atom is -0.873 e. The van der Waals surface area contributed by atoms with Gasteiger partial charge >= 0.3 is 0 Å². The minimum atomic E-state index is -0.506. The van der Waals surface area contributed by atoms with Gasteiger partial charge < -0.3 is 10.2 Å². The molecule has 0 atom stereocenters. The highest BCUT2D eigenvalue weighted by atomic mass is 16.3. The van der Waals surface area contributed by atoms with Crippen molar-refractivity contribution in [3.63, 3.8) is 0 Å². The Hall–Kier alpha value is -2.62. The van der Waals surface area contributed by atoms with Gasteiger partial charge in [0.1, 0.15) is 0 Å². The van der Waals surface area contributed by atoms with Gasteiger partial charge in [0.15, 0.2) is 0 Å². The molecule has 0 aliphatic heterocycles. The lowest BCUT2D eigenvalue weighted by molar-refractivity contribution is -0.318. The quantitative estimate of drug-likeness (QED) is 0.427. The van der Waals surface area contributed by atoms with Crippen LogP contribution in [0.4, 0.5) is 0 Å². The zero-order valence-electron chi connectivity index (χ0n) is 21.8. The molecule has 1 aromatic rings. The maximum absolute atomic E-state index is 12.9. The normalized spacial score (nSPS) is 28.3. The van der Waals surface area contributed by atoms with Gasteiger partial charge in [-0.3, -0.25) is 9.59 Å². The number of allylic oxidation sites excluding steroid dienone is 6. The van der Waals surface area contributed by atoms with E-state index in [9.17, 15) is 19.8 Å². The first kappa shape index (κ1) is 24.1. The van der Waals surface area contributed by atoms with Crippen LogP contribution in [0.5, 0.6) is 11.5 Å². The Morgan fingerprint density at radius 3 is 1.89 bits per heavy atom. The van der Waals surface area contributed by atoms with Crippen molar-refractivity contribution < 1.29 is 19.8 Å². The molecule has 4 heteroatoms. The summed E-state index contributed by atoms with van der Waals surface area (Å²) in [5.74, 6) is 0.465. The van der Waals surface area contributed by atoms with Crippen molar-refractivity contribution >= 4 is 17.1 Å². The van der Waals surface area contributed by atoms with E-state index >= 15 is 0 Å². The molecule has 0 N–H and O–H groups in total. The molecule has 35 heavy (non-hydrogen) atoms. The Bertz CT molecular complexity index is 1180. The first-order chi connectivity index (χ1) is 16.2. The van der Waals surface area contributed by atoms with Crippen LogP contribution in [-0.4, -0.2) is 11.6 Å². The van der Waals surface area contributed by atoms with Gasteiger partial charge in [-0.05, 0) is 95.5 Å². The third-order valence-electron chi connectivity index (χ3n) is 8.61. The topological polar surface area (TPSA) is 80.3 Å². The number of Topliss-reactive ketones (excluding diaryl/α,β-unsaturated/α-hetero) is 1. The minimum absolute atomic E-state index is 0.432. The van der Waals surface area contributed by atoms with Gasteiger partial charge in [-0.25, -0.2) is 0 Å². The summed E-state index contributed by atoms with van der Waals surface area (Å²) in [6, 6.07) is 3.35. The zero-order valence-corrected chi connectivity index (χ0v) is 21.8. The fourth-order valence-electron chi connectivity index (χ4n) is 7.21. The molecular formula is C31H36O4-2. The van der Waals surface area contributed by atoms with Crippen LogP contribution in [0.25, 0.3) is 5.57 Å². The maximum Gasteiger partial charge on any atom is 0.229 e. The summed E-state index contributed by atoms with van der Waals surface area (Å²) in [5, 5.41) is 25.7. The molecule has 0 radical (unpaired) electrons. The molecule has 0 unspecified atom stereocenters. The van der Waals surface area contributed by atoms with Crippen LogP contribution in [0, 0.1) is 29.1 Å². The number of benzene rings is 1. The molecule has 0 aromatic heterocycles. The molecule has 0 amide bonds. The van der Waals surface area contributed by atoms with Crippen LogP contribution in [0.3, 0.4) is 0 Å². The van der Waals surface area contributed by atoms with Gasteiger partial charge in [0.2, 0.25) is 11.6 Å². The predicted molar refractivity (Wildman–Crippen MR) is 134 cm³/mol. The summed E-state index contributed by atoms with van der Waals surface area (Å²) < 4.78 is 0. The van der Waals surface area contributed by atoms with E-state index in [0.717, 1.165) is 54.2 Å². The number of hydrogen-bond acceptors (Lipinski definition) is 4. The molecule has 0 spiro atoms. The lowest BCUT2D eigenvalue weighted by atomic mass is 9.53. The molecule has 4 saturated carbocycles. The summed E-state index contributed by atoms with van der Waals surface area (Å²) in [6.07, 6.45) is 9.27. The maximum atomic E-state index is 12.9. The smallest absolute Gasteiger partial charge is 0.229 e. The number of hydrogen-bond donors (Lipinski definition) is 0. The molecule has 4 fully saturated rings. The molecule has 1 aromatic carbocycles. The standard InChI is InChI=1S/C31H38O4/c1-30(2,3)22-12-20(14-24(32)28(22)34)27(21-13-23(31(4,5)6)29(35)25(33)15-21)26-18-8-16-7-17(10-18)11-19(26)9-16/h12-19,32,34H,7-11H2,1-6H3/p-2. The molecule has 0 heterocycles. The van der Waals surface area contributed by atoms with Gasteiger partial charge in [-0.2, -0.15) is 0 Å². The third-order valence-corrected chi connectivity index (χ3v) is 8.61. The van der Waals surface area contributed by atoms with Gasteiger partial charge in [0, 0.05) is 5.57 Å². The van der Waals surface area contributed by atoms with Crippen molar-refractivity contribution in [2.45, 2.75) is 79.1 Å². The first-order valence-corrected chi connectivity index (χ1v) is 13.0. The summed E-state index contributed by atoms with van der Waals surface area (Å²) in [4.78, 5) is 25.7. The van der Waals surface area contributed by atoms with Gasteiger partial charge in [-0.15, -0.1) is 11.5 Å². The molecule has 4 bridgehead atoms. The Morgan fingerprint density at radius 2 is 1.37 bits per heavy atom. The van der Waals surface area contributed by atoms with Crippen molar-refractivity contribution in [1.29, 1.82) is 0 Å². The molecule has 186 valence electrons.